The number of methoxy groups -OCH3 is 3. The van der Waals surface area contributed by atoms with Gasteiger partial charge in [0.05, 0.1) is 27.0 Å². The Bertz CT molecular complexity index is 1090. The number of hydrogen-bond acceptors (Lipinski definition) is 7. The van der Waals surface area contributed by atoms with Crippen molar-refractivity contribution in [1.82, 2.24) is 15.1 Å². The molecule has 1 fully saturated rings. The third-order valence-corrected chi connectivity index (χ3v) is 6.31. The first kappa shape index (κ1) is 23.1. The van der Waals surface area contributed by atoms with Gasteiger partial charge in [-0.25, -0.2) is 0 Å². The molecule has 3 aromatic rings. The van der Waals surface area contributed by atoms with Crippen molar-refractivity contribution in [3.63, 3.8) is 0 Å². The summed E-state index contributed by atoms with van der Waals surface area (Å²) in [6.07, 6.45) is 0. The average molecular weight is 560 g/mol. The maximum absolute atomic E-state index is 12.8. The summed E-state index contributed by atoms with van der Waals surface area (Å²) in [7, 11) is 4.74. The highest BCUT2D eigenvalue weighted by Crippen LogP contribution is 2.40. The standard InChI is InChI=1S/C24H25IN4O4/c1-31-20-14-17(15-21(32-2)23(20)33-3)19-8-9-22(27-26-19)28-10-12-29(13-11-28)24(30)16-4-6-18(25)7-5-16/h4-9,14-15H,10-13H2,1-3H3. The smallest absolute Gasteiger partial charge is 0.253 e. The summed E-state index contributed by atoms with van der Waals surface area (Å²) in [5.74, 6) is 2.51. The third-order valence-electron chi connectivity index (χ3n) is 5.59. The monoisotopic (exact) mass is 560 g/mol. The van der Waals surface area contributed by atoms with E-state index in [0.717, 1.165) is 20.5 Å². The number of amides is 1. The van der Waals surface area contributed by atoms with Crippen molar-refractivity contribution in [2.75, 3.05) is 52.4 Å². The summed E-state index contributed by atoms with van der Waals surface area (Å²) in [6, 6.07) is 15.2. The van der Waals surface area contributed by atoms with E-state index in [0.29, 0.717) is 49.1 Å². The Kier molecular flexibility index (Phi) is 7.17. The Morgan fingerprint density at radius 3 is 2.00 bits per heavy atom. The lowest BCUT2D eigenvalue weighted by Crippen LogP contribution is -2.49. The van der Waals surface area contributed by atoms with Gasteiger partial charge in [0.1, 0.15) is 0 Å². The number of anilines is 1. The Morgan fingerprint density at radius 2 is 1.48 bits per heavy atom. The zero-order chi connectivity index (χ0) is 23.4. The quantitative estimate of drug-likeness (QED) is 0.426. The molecule has 8 nitrogen and oxygen atoms in total. The molecule has 1 aliphatic rings. The van der Waals surface area contributed by atoms with E-state index in [4.69, 9.17) is 14.2 Å². The molecule has 1 amide bonds. The van der Waals surface area contributed by atoms with Gasteiger partial charge in [0.15, 0.2) is 17.3 Å². The van der Waals surface area contributed by atoms with Crippen LogP contribution in [0.3, 0.4) is 0 Å². The van der Waals surface area contributed by atoms with Gasteiger partial charge in [0.25, 0.3) is 5.91 Å². The highest BCUT2D eigenvalue weighted by atomic mass is 127. The molecule has 9 heteroatoms. The predicted octanol–water partition coefficient (Wildman–Crippen LogP) is 3.74. The van der Waals surface area contributed by atoms with Crippen LogP contribution in [0.1, 0.15) is 10.4 Å². The molecular formula is C24H25IN4O4. The molecule has 33 heavy (non-hydrogen) atoms. The van der Waals surface area contributed by atoms with Crippen molar-refractivity contribution in [3.05, 3.63) is 57.7 Å². The Morgan fingerprint density at radius 1 is 0.848 bits per heavy atom. The number of piperazine rings is 1. The van der Waals surface area contributed by atoms with Gasteiger partial charge in [-0.3, -0.25) is 4.79 Å². The molecule has 0 saturated carbocycles. The molecule has 172 valence electrons. The van der Waals surface area contributed by atoms with Crippen LogP contribution in [0.25, 0.3) is 11.3 Å². The molecule has 1 saturated heterocycles. The maximum Gasteiger partial charge on any atom is 0.253 e. The Labute approximate surface area is 206 Å². The van der Waals surface area contributed by atoms with Crippen LogP contribution in [0.5, 0.6) is 17.2 Å². The first-order valence-corrected chi connectivity index (χ1v) is 11.6. The van der Waals surface area contributed by atoms with Crippen LogP contribution in [0.2, 0.25) is 0 Å². The molecule has 0 bridgehead atoms. The van der Waals surface area contributed by atoms with Crippen molar-refractivity contribution in [3.8, 4) is 28.5 Å². The molecule has 0 N–H and O–H groups in total. The van der Waals surface area contributed by atoms with Gasteiger partial charge in [-0.1, -0.05) is 0 Å². The highest BCUT2D eigenvalue weighted by Gasteiger charge is 2.23. The van der Waals surface area contributed by atoms with Gasteiger partial charge in [-0.05, 0) is 71.1 Å². The summed E-state index contributed by atoms with van der Waals surface area (Å²) >= 11 is 2.24. The minimum atomic E-state index is 0.0647. The number of carbonyl (C=O) groups excluding carboxylic acids is 1. The molecule has 1 aromatic heterocycles. The van der Waals surface area contributed by atoms with Crippen molar-refractivity contribution in [2.24, 2.45) is 0 Å². The van der Waals surface area contributed by atoms with E-state index < -0.39 is 0 Å². The normalized spacial score (nSPS) is 13.6. The van der Waals surface area contributed by atoms with E-state index in [9.17, 15) is 4.79 Å². The topological polar surface area (TPSA) is 77.0 Å². The second-order valence-electron chi connectivity index (χ2n) is 7.48. The van der Waals surface area contributed by atoms with Crippen LogP contribution in [0, 0.1) is 3.57 Å². The molecule has 0 unspecified atom stereocenters. The fourth-order valence-corrected chi connectivity index (χ4v) is 4.15. The minimum Gasteiger partial charge on any atom is -0.493 e. The number of hydrogen-bond donors (Lipinski definition) is 0. The van der Waals surface area contributed by atoms with E-state index >= 15 is 0 Å². The lowest BCUT2D eigenvalue weighted by atomic mass is 10.1. The number of rotatable bonds is 6. The van der Waals surface area contributed by atoms with E-state index in [1.54, 1.807) is 21.3 Å². The number of aromatic nitrogens is 2. The molecule has 2 aromatic carbocycles. The summed E-state index contributed by atoms with van der Waals surface area (Å²) in [5, 5.41) is 8.84. The van der Waals surface area contributed by atoms with Crippen LogP contribution in [0.15, 0.2) is 48.5 Å². The SMILES string of the molecule is COc1cc(-c2ccc(N3CCN(C(=O)c4ccc(I)cc4)CC3)nn2)cc(OC)c1OC. The molecule has 0 spiro atoms. The molecule has 4 rings (SSSR count). The zero-order valence-electron chi connectivity index (χ0n) is 18.7. The van der Waals surface area contributed by atoms with Gasteiger partial charge in [-0.2, -0.15) is 0 Å². The van der Waals surface area contributed by atoms with Gasteiger partial charge in [0, 0.05) is 40.9 Å². The first-order valence-electron chi connectivity index (χ1n) is 10.5. The van der Waals surface area contributed by atoms with Crippen LogP contribution < -0.4 is 19.1 Å². The van der Waals surface area contributed by atoms with Crippen LogP contribution in [-0.4, -0.2) is 68.5 Å². The molecule has 0 radical (unpaired) electrons. The average Bonchev–Trinajstić information content (AvgIpc) is 2.88. The first-order chi connectivity index (χ1) is 16.0. The van der Waals surface area contributed by atoms with Crippen molar-refractivity contribution in [2.45, 2.75) is 0 Å². The lowest BCUT2D eigenvalue weighted by molar-refractivity contribution is 0.0746. The molecule has 0 aliphatic carbocycles. The molecular weight excluding hydrogens is 535 g/mol. The highest BCUT2D eigenvalue weighted by molar-refractivity contribution is 14.1. The third kappa shape index (κ3) is 4.97. The molecule has 2 heterocycles. The minimum absolute atomic E-state index is 0.0647. The van der Waals surface area contributed by atoms with E-state index in [-0.39, 0.29) is 5.91 Å². The van der Waals surface area contributed by atoms with Gasteiger partial charge in [-0.15, -0.1) is 10.2 Å². The summed E-state index contributed by atoms with van der Waals surface area (Å²) < 4.78 is 17.4. The molecule has 0 atom stereocenters. The van der Waals surface area contributed by atoms with E-state index in [1.807, 2.05) is 53.4 Å². The van der Waals surface area contributed by atoms with Crippen LogP contribution in [-0.2, 0) is 0 Å². The maximum atomic E-state index is 12.8. The fourth-order valence-electron chi connectivity index (χ4n) is 3.79. The second-order valence-corrected chi connectivity index (χ2v) is 8.72. The second kappa shape index (κ2) is 10.2. The lowest BCUT2D eigenvalue weighted by Gasteiger charge is -2.35. The summed E-state index contributed by atoms with van der Waals surface area (Å²) in [5.41, 5.74) is 2.24. The Balaban J connectivity index is 1.44. The predicted molar refractivity (Wildman–Crippen MR) is 134 cm³/mol. The van der Waals surface area contributed by atoms with E-state index in [1.165, 1.54) is 0 Å². The van der Waals surface area contributed by atoms with Crippen LogP contribution in [0.4, 0.5) is 5.82 Å². The Hall–Kier alpha value is -3.08. The number of carbonyl (C=O) groups is 1. The van der Waals surface area contributed by atoms with Crippen molar-refractivity contribution < 1.29 is 19.0 Å². The largest absolute Gasteiger partial charge is 0.493 e. The van der Waals surface area contributed by atoms with E-state index in [2.05, 4.69) is 37.7 Å². The molecule has 1 aliphatic heterocycles. The van der Waals surface area contributed by atoms with Gasteiger partial charge < -0.3 is 24.0 Å². The van der Waals surface area contributed by atoms with Gasteiger partial charge >= 0.3 is 0 Å². The van der Waals surface area contributed by atoms with Crippen LogP contribution >= 0.6 is 22.6 Å². The number of benzene rings is 2. The fraction of sp³-hybridized carbons (Fsp3) is 0.292. The van der Waals surface area contributed by atoms with Crippen molar-refractivity contribution >= 4 is 34.3 Å². The zero-order valence-corrected chi connectivity index (χ0v) is 20.9. The summed E-state index contributed by atoms with van der Waals surface area (Å²) in [6.45, 7) is 2.69. The van der Waals surface area contributed by atoms with Crippen molar-refractivity contribution in [1.29, 1.82) is 0 Å². The van der Waals surface area contributed by atoms with Gasteiger partial charge in [0.2, 0.25) is 5.75 Å². The number of ether oxygens (including phenoxy) is 3. The number of halogens is 1. The number of nitrogens with zero attached hydrogens (tertiary/aromatic N) is 4. The summed E-state index contributed by atoms with van der Waals surface area (Å²) in [4.78, 5) is 16.8.